The van der Waals surface area contributed by atoms with E-state index in [0.717, 1.165) is 11.1 Å². The van der Waals surface area contributed by atoms with Crippen LogP contribution < -0.4 is 0 Å². The van der Waals surface area contributed by atoms with E-state index in [9.17, 15) is 14.7 Å². The fraction of sp³-hybridized carbons (Fsp3) is 0.118. The van der Waals surface area contributed by atoms with Crippen molar-refractivity contribution < 1.29 is 19.8 Å². The Morgan fingerprint density at radius 1 is 0.864 bits per heavy atom. The molecule has 112 valence electrons. The molecule has 0 aliphatic heterocycles. The predicted molar refractivity (Wildman–Crippen MR) is 87.1 cm³/mol. The maximum absolute atomic E-state index is 11.6. The first-order chi connectivity index (χ1) is 10.3. The zero-order valence-corrected chi connectivity index (χ0v) is 12.9. The number of hydrogen-bond donors (Lipinski definition) is 2. The van der Waals surface area contributed by atoms with Gasteiger partial charge in [-0.25, -0.2) is 9.59 Å². The molecule has 2 N–H and O–H groups in total. The van der Waals surface area contributed by atoms with Crippen molar-refractivity contribution in [1.82, 2.24) is 0 Å². The van der Waals surface area contributed by atoms with E-state index in [4.69, 9.17) is 17.3 Å². The molecule has 0 heterocycles. The Hall–Kier alpha value is -2.53. The summed E-state index contributed by atoms with van der Waals surface area (Å²) in [5, 5.41) is 18.6. The third kappa shape index (κ3) is 2.89. The van der Waals surface area contributed by atoms with Gasteiger partial charge in [-0.05, 0) is 31.0 Å². The third-order valence-corrected chi connectivity index (χ3v) is 3.92. The Kier molecular flexibility index (Phi) is 4.37. The van der Waals surface area contributed by atoms with E-state index in [1.165, 1.54) is 19.1 Å². The van der Waals surface area contributed by atoms with Crippen molar-refractivity contribution in [2.45, 2.75) is 13.8 Å². The number of carbonyl (C=O) groups is 2. The van der Waals surface area contributed by atoms with Gasteiger partial charge in [0, 0.05) is 5.56 Å². The van der Waals surface area contributed by atoms with Gasteiger partial charge in [0.15, 0.2) is 0 Å². The van der Waals surface area contributed by atoms with Crippen molar-refractivity contribution in [2.75, 3.05) is 0 Å². The molecule has 0 radical (unpaired) electrons. The molecule has 0 unspecified atom stereocenters. The average molecular weight is 314 g/mol. The second kappa shape index (κ2) is 6.07. The fourth-order valence-corrected chi connectivity index (χ4v) is 2.57. The largest absolute Gasteiger partial charge is 0.478 e. The van der Waals surface area contributed by atoms with Gasteiger partial charge in [-0.3, -0.25) is 0 Å². The van der Waals surface area contributed by atoms with Crippen molar-refractivity contribution in [1.29, 1.82) is 0 Å². The van der Waals surface area contributed by atoms with Crippen LogP contribution in [0.1, 0.15) is 43.0 Å². The number of aromatic carboxylic acids is 2. The molecular formula is C17H14O4S. The van der Waals surface area contributed by atoms with Crippen LogP contribution in [-0.2, 0) is 0 Å². The molecule has 0 amide bonds. The molecule has 4 nitrogen and oxygen atoms in total. The van der Waals surface area contributed by atoms with Gasteiger partial charge in [-0.15, -0.1) is 0 Å². The highest BCUT2D eigenvalue weighted by molar-refractivity contribution is 7.81. The maximum Gasteiger partial charge on any atom is 0.336 e. The highest BCUT2D eigenvalue weighted by Gasteiger charge is 2.21. The molecule has 2 rings (SSSR count). The van der Waals surface area contributed by atoms with Gasteiger partial charge < -0.3 is 10.2 Å². The fourth-order valence-electron chi connectivity index (χ4n) is 2.27. The molecule has 5 heteroatoms. The van der Waals surface area contributed by atoms with Crippen molar-refractivity contribution in [2.24, 2.45) is 0 Å². The Morgan fingerprint density at radius 2 is 1.41 bits per heavy atom. The summed E-state index contributed by atoms with van der Waals surface area (Å²) in [7, 11) is 0. The monoisotopic (exact) mass is 314 g/mol. The van der Waals surface area contributed by atoms with Crippen LogP contribution in [0.2, 0.25) is 0 Å². The molecule has 0 saturated carbocycles. The van der Waals surface area contributed by atoms with Crippen molar-refractivity contribution in [3.63, 3.8) is 0 Å². The SMILES string of the molecule is Cc1ccc(C(=S)c2ccc(C(=O)O)c(C)c2C(=O)O)cc1. The Balaban J connectivity index is 2.62. The molecule has 0 saturated heterocycles. The second-order valence-corrected chi connectivity index (χ2v) is 5.37. The van der Waals surface area contributed by atoms with Gasteiger partial charge in [0.2, 0.25) is 0 Å². The van der Waals surface area contributed by atoms with Crippen LogP contribution >= 0.6 is 12.2 Å². The lowest BCUT2D eigenvalue weighted by atomic mass is 9.92. The summed E-state index contributed by atoms with van der Waals surface area (Å²) >= 11 is 5.39. The van der Waals surface area contributed by atoms with Crippen molar-refractivity contribution in [3.05, 3.63) is 69.8 Å². The smallest absolute Gasteiger partial charge is 0.336 e. The van der Waals surface area contributed by atoms with Gasteiger partial charge in [-0.2, -0.15) is 0 Å². The van der Waals surface area contributed by atoms with E-state index in [0.29, 0.717) is 10.4 Å². The quantitative estimate of drug-likeness (QED) is 0.667. The van der Waals surface area contributed by atoms with Crippen molar-refractivity contribution >= 4 is 29.0 Å². The molecule has 0 atom stereocenters. The first kappa shape index (κ1) is 15.9. The standard InChI is InChI=1S/C17H14O4S/c1-9-3-5-11(6-4-9)15(22)13-8-7-12(16(18)19)10(2)14(13)17(20)21/h3-8H,1-2H3,(H,18,19)(H,20,21). The van der Waals surface area contributed by atoms with Crippen LogP contribution in [0.15, 0.2) is 36.4 Å². The van der Waals surface area contributed by atoms with E-state index in [1.807, 2.05) is 31.2 Å². The Morgan fingerprint density at radius 3 is 1.91 bits per heavy atom. The number of benzene rings is 2. The van der Waals surface area contributed by atoms with Gasteiger partial charge in [-0.1, -0.05) is 48.1 Å². The summed E-state index contributed by atoms with van der Waals surface area (Å²) in [6, 6.07) is 10.3. The van der Waals surface area contributed by atoms with E-state index < -0.39 is 11.9 Å². The van der Waals surface area contributed by atoms with Gasteiger partial charge >= 0.3 is 11.9 Å². The molecule has 0 spiro atoms. The molecule has 0 aromatic heterocycles. The highest BCUT2D eigenvalue weighted by atomic mass is 32.1. The Labute approximate surface area is 133 Å². The number of rotatable bonds is 4. The minimum absolute atomic E-state index is 0.0344. The predicted octanol–water partition coefficient (Wildman–Crippen LogP) is 3.47. The van der Waals surface area contributed by atoms with Crippen LogP contribution in [0, 0.1) is 13.8 Å². The van der Waals surface area contributed by atoms with E-state index in [2.05, 4.69) is 0 Å². The summed E-state index contributed by atoms with van der Waals surface area (Å²) < 4.78 is 0. The molecule has 0 aliphatic carbocycles. The lowest BCUT2D eigenvalue weighted by Crippen LogP contribution is -2.14. The number of thiocarbonyl (C=S) groups is 1. The molecule has 22 heavy (non-hydrogen) atoms. The summed E-state index contributed by atoms with van der Waals surface area (Å²) in [4.78, 5) is 23.1. The van der Waals surface area contributed by atoms with Gasteiger partial charge in [0.1, 0.15) is 0 Å². The minimum Gasteiger partial charge on any atom is -0.478 e. The first-order valence-corrected chi connectivity index (χ1v) is 6.95. The molecule has 0 bridgehead atoms. The molecule has 0 aliphatic rings. The normalized spacial score (nSPS) is 10.3. The molecule has 0 fully saturated rings. The summed E-state index contributed by atoms with van der Waals surface area (Å²) in [5.74, 6) is -2.35. The molecule has 2 aromatic rings. The topological polar surface area (TPSA) is 74.6 Å². The van der Waals surface area contributed by atoms with Crippen LogP contribution in [0.5, 0.6) is 0 Å². The average Bonchev–Trinajstić information content (AvgIpc) is 2.46. The van der Waals surface area contributed by atoms with Crippen LogP contribution in [0.4, 0.5) is 0 Å². The molecular weight excluding hydrogens is 300 g/mol. The van der Waals surface area contributed by atoms with Gasteiger partial charge in [0.25, 0.3) is 0 Å². The summed E-state index contributed by atoms with van der Waals surface area (Å²) in [5.41, 5.74) is 2.26. The van der Waals surface area contributed by atoms with E-state index in [-0.39, 0.29) is 16.7 Å². The Bertz CT molecular complexity index is 776. The van der Waals surface area contributed by atoms with E-state index in [1.54, 1.807) is 0 Å². The summed E-state index contributed by atoms with van der Waals surface area (Å²) in [6.07, 6.45) is 0. The van der Waals surface area contributed by atoms with Crippen LogP contribution in [0.3, 0.4) is 0 Å². The number of carboxylic acids is 2. The minimum atomic E-state index is -1.19. The zero-order valence-electron chi connectivity index (χ0n) is 12.1. The highest BCUT2D eigenvalue weighted by Crippen LogP contribution is 2.23. The maximum atomic E-state index is 11.6. The third-order valence-electron chi connectivity index (χ3n) is 3.47. The van der Waals surface area contributed by atoms with Crippen molar-refractivity contribution in [3.8, 4) is 0 Å². The number of hydrogen-bond acceptors (Lipinski definition) is 3. The zero-order chi connectivity index (χ0) is 16.4. The molecule has 2 aromatic carbocycles. The number of carboxylic acid groups (broad SMARTS) is 2. The van der Waals surface area contributed by atoms with Crippen LogP contribution in [0.25, 0.3) is 0 Å². The van der Waals surface area contributed by atoms with Gasteiger partial charge in [0.05, 0.1) is 16.0 Å². The first-order valence-electron chi connectivity index (χ1n) is 6.54. The second-order valence-electron chi connectivity index (χ2n) is 4.97. The summed E-state index contributed by atoms with van der Waals surface area (Å²) in [6.45, 7) is 3.43. The van der Waals surface area contributed by atoms with E-state index >= 15 is 0 Å². The van der Waals surface area contributed by atoms with Crippen LogP contribution in [-0.4, -0.2) is 27.0 Å². The lowest BCUT2D eigenvalue weighted by Gasteiger charge is -2.13. The lowest BCUT2D eigenvalue weighted by molar-refractivity contribution is 0.0695. The number of aryl methyl sites for hydroxylation is 1.